The van der Waals surface area contributed by atoms with E-state index in [0.29, 0.717) is 5.56 Å². The molecule has 0 aliphatic carbocycles. The van der Waals surface area contributed by atoms with E-state index >= 15 is 0 Å². The molecule has 1 unspecified atom stereocenters. The number of hydrogen-bond donors (Lipinski definition) is 0. The Kier molecular flexibility index (Phi) is 2.51. The highest BCUT2D eigenvalue weighted by Crippen LogP contribution is 2.26. The normalized spacial score (nSPS) is 19.8. The van der Waals surface area contributed by atoms with Crippen molar-refractivity contribution >= 4 is 0 Å². The summed E-state index contributed by atoms with van der Waals surface area (Å²) < 4.78 is 5.47. The second-order valence-corrected chi connectivity index (χ2v) is 3.31. The van der Waals surface area contributed by atoms with Gasteiger partial charge in [0.1, 0.15) is 6.10 Å². The SMILES string of the molecule is N#Cc1cccc(C2CCC=CO2)c1. The molecule has 70 valence electrons. The van der Waals surface area contributed by atoms with Crippen molar-refractivity contribution in [2.24, 2.45) is 0 Å². The average Bonchev–Trinajstić information content (AvgIpc) is 2.30. The molecule has 14 heavy (non-hydrogen) atoms. The van der Waals surface area contributed by atoms with Gasteiger partial charge in [0.2, 0.25) is 0 Å². The number of rotatable bonds is 1. The minimum Gasteiger partial charge on any atom is -0.494 e. The van der Waals surface area contributed by atoms with Gasteiger partial charge in [-0.25, -0.2) is 0 Å². The Bertz CT molecular complexity index is 390. The van der Waals surface area contributed by atoms with Gasteiger partial charge in [-0.15, -0.1) is 0 Å². The van der Waals surface area contributed by atoms with E-state index in [9.17, 15) is 0 Å². The van der Waals surface area contributed by atoms with Crippen LogP contribution < -0.4 is 0 Å². The molecule has 0 radical (unpaired) electrons. The van der Waals surface area contributed by atoms with Gasteiger partial charge in [-0.2, -0.15) is 5.26 Å². The Morgan fingerprint density at radius 1 is 1.43 bits per heavy atom. The lowest BCUT2D eigenvalue weighted by molar-refractivity contribution is 0.125. The molecule has 1 aromatic carbocycles. The van der Waals surface area contributed by atoms with E-state index in [1.807, 2.05) is 30.3 Å². The van der Waals surface area contributed by atoms with Crippen LogP contribution in [-0.4, -0.2) is 0 Å². The van der Waals surface area contributed by atoms with E-state index in [-0.39, 0.29) is 6.10 Å². The Balaban J connectivity index is 2.23. The molecule has 0 bridgehead atoms. The summed E-state index contributed by atoms with van der Waals surface area (Å²) in [4.78, 5) is 0. The van der Waals surface area contributed by atoms with Gasteiger partial charge in [0, 0.05) is 0 Å². The van der Waals surface area contributed by atoms with E-state index in [0.717, 1.165) is 18.4 Å². The van der Waals surface area contributed by atoms with Crippen molar-refractivity contribution in [3.63, 3.8) is 0 Å². The highest BCUT2D eigenvalue weighted by Gasteiger charge is 2.13. The van der Waals surface area contributed by atoms with Crippen molar-refractivity contribution < 1.29 is 4.74 Å². The molecule has 0 N–H and O–H groups in total. The third kappa shape index (κ3) is 1.77. The fourth-order valence-electron chi connectivity index (χ4n) is 1.59. The summed E-state index contributed by atoms with van der Waals surface area (Å²) in [6.45, 7) is 0. The highest BCUT2D eigenvalue weighted by molar-refractivity contribution is 5.34. The van der Waals surface area contributed by atoms with Gasteiger partial charge in [0.05, 0.1) is 17.9 Å². The molecule has 1 aliphatic heterocycles. The minimum absolute atomic E-state index is 0.119. The lowest BCUT2D eigenvalue weighted by Gasteiger charge is -2.19. The van der Waals surface area contributed by atoms with Gasteiger partial charge < -0.3 is 4.74 Å². The van der Waals surface area contributed by atoms with Crippen LogP contribution in [0.5, 0.6) is 0 Å². The van der Waals surface area contributed by atoms with Gasteiger partial charge in [0.15, 0.2) is 0 Å². The lowest BCUT2D eigenvalue weighted by atomic mass is 10.0. The third-order valence-corrected chi connectivity index (χ3v) is 2.32. The fourth-order valence-corrected chi connectivity index (χ4v) is 1.59. The monoisotopic (exact) mass is 185 g/mol. The van der Waals surface area contributed by atoms with E-state index < -0.39 is 0 Å². The number of nitrogens with zero attached hydrogens (tertiary/aromatic N) is 1. The molecule has 2 nitrogen and oxygen atoms in total. The zero-order valence-corrected chi connectivity index (χ0v) is 7.81. The summed E-state index contributed by atoms with van der Waals surface area (Å²) in [5.74, 6) is 0. The maximum atomic E-state index is 8.76. The predicted molar refractivity (Wildman–Crippen MR) is 53.4 cm³/mol. The van der Waals surface area contributed by atoms with Crippen LogP contribution in [0.15, 0.2) is 36.6 Å². The lowest BCUT2D eigenvalue weighted by Crippen LogP contribution is -2.03. The molecule has 0 amide bonds. The minimum atomic E-state index is 0.119. The van der Waals surface area contributed by atoms with E-state index in [1.54, 1.807) is 6.26 Å². The number of benzene rings is 1. The third-order valence-electron chi connectivity index (χ3n) is 2.32. The van der Waals surface area contributed by atoms with Crippen LogP contribution in [0.4, 0.5) is 0 Å². The quantitative estimate of drug-likeness (QED) is 0.673. The van der Waals surface area contributed by atoms with Gasteiger partial charge >= 0.3 is 0 Å². The standard InChI is InChI=1S/C12H11NO/c13-9-10-4-3-5-11(8-10)12-6-1-2-7-14-12/h2-5,7-8,12H,1,6H2. The van der Waals surface area contributed by atoms with Gasteiger partial charge in [-0.3, -0.25) is 0 Å². The van der Waals surface area contributed by atoms with Crippen molar-refractivity contribution in [3.05, 3.63) is 47.7 Å². The van der Waals surface area contributed by atoms with Crippen LogP contribution in [0.2, 0.25) is 0 Å². The Labute approximate surface area is 83.4 Å². The molecule has 0 saturated heterocycles. The predicted octanol–water partition coefficient (Wildman–Crippen LogP) is 2.92. The Morgan fingerprint density at radius 3 is 3.07 bits per heavy atom. The second-order valence-electron chi connectivity index (χ2n) is 3.31. The van der Waals surface area contributed by atoms with Crippen LogP contribution >= 0.6 is 0 Å². The van der Waals surface area contributed by atoms with Crippen molar-refractivity contribution in [1.29, 1.82) is 5.26 Å². The topological polar surface area (TPSA) is 33.0 Å². The highest BCUT2D eigenvalue weighted by atomic mass is 16.5. The average molecular weight is 185 g/mol. The number of allylic oxidation sites excluding steroid dienone is 1. The summed E-state index contributed by atoms with van der Waals surface area (Å²) in [6, 6.07) is 9.74. The summed E-state index contributed by atoms with van der Waals surface area (Å²) in [7, 11) is 0. The maximum Gasteiger partial charge on any atom is 0.123 e. The first-order chi connectivity index (χ1) is 6.90. The zero-order valence-electron chi connectivity index (χ0n) is 7.81. The largest absolute Gasteiger partial charge is 0.494 e. The summed E-state index contributed by atoms with van der Waals surface area (Å²) in [6.07, 6.45) is 5.92. The molecule has 0 saturated carbocycles. The van der Waals surface area contributed by atoms with Crippen LogP contribution in [0.25, 0.3) is 0 Å². The second kappa shape index (κ2) is 3.97. The molecule has 1 aromatic rings. The Hall–Kier alpha value is -1.75. The molecule has 0 spiro atoms. The van der Waals surface area contributed by atoms with Crippen LogP contribution in [-0.2, 0) is 4.74 Å². The molecular weight excluding hydrogens is 174 g/mol. The molecule has 0 fully saturated rings. The summed E-state index contributed by atoms with van der Waals surface area (Å²) in [5.41, 5.74) is 1.79. The Morgan fingerprint density at radius 2 is 2.36 bits per heavy atom. The molecule has 1 atom stereocenters. The van der Waals surface area contributed by atoms with Crippen molar-refractivity contribution in [1.82, 2.24) is 0 Å². The first-order valence-electron chi connectivity index (χ1n) is 4.70. The van der Waals surface area contributed by atoms with Gasteiger partial charge in [-0.1, -0.05) is 12.1 Å². The van der Waals surface area contributed by atoms with Crippen LogP contribution in [0, 0.1) is 11.3 Å². The molecule has 2 heteroatoms. The fraction of sp³-hybridized carbons (Fsp3) is 0.250. The zero-order chi connectivity index (χ0) is 9.80. The molecule has 1 aliphatic rings. The first-order valence-corrected chi connectivity index (χ1v) is 4.70. The van der Waals surface area contributed by atoms with Crippen LogP contribution in [0.3, 0.4) is 0 Å². The van der Waals surface area contributed by atoms with E-state index in [1.165, 1.54) is 0 Å². The number of nitriles is 1. The van der Waals surface area contributed by atoms with Crippen molar-refractivity contribution in [3.8, 4) is 6.07 Å². The summed E-state index contributed by atoms with van der Waals surface area (Å²) >= 11 is 0. The summed E-state index contributed by atoms with van der Waals surface area (Å²) in [5, 5.41) is 8.76. The number of hydrogen-bond acceptors (Lipinski definition) is 2. The smallest absolute Gasteiger partial charge is 0.123 e. The van der Waals surface area contributed by atoms with Crippen LogP contribution in [0.1, 0.15) is 30.1 Å². The molecular formula is C12H11NO. The van der Waals surface area contributed by atoms with Gasteiger partial charge in [-0.05, 0) is 36.6 Å². The maximum absolute atomic E-state index is 8.76. The van der Waals surface area contributed by atoms with E-state index in [2.05, 4.69) is 6.07 Å². The van der Waals surface area contributed by atoms with Gasteiger partial charge in [0.25, 0.3) is 0 Å². The first kappa shape index (κ1) is 8.83. The van der Waals surface area contributed by atoms with E-state index in [4.69, 9.17) is 10.00 Å². The molecule has 1 heterocycles. The number of ether oxygens (including phenoxy) is 1. The molecule has 0 aromatic heterocycles. The van der Waals surface area contributed by atoms with Crippen molar-refractivity contribution in [2.45, 2.75) is 18.9 Å². The van der Waals surface area contributed by atoms with Crippen molar-refractivity contribution in [2.75, 3.05) is 0 Å². The molecule has 2 rings (SSSR count).